The van der Waals surface area contributed by atoms with Gasteiger partial charge in [-0.3, -0.25) is 10.1 Å². The Bertz CT molecular complexity index is 1020. The molecule has 3 aromatic carbocycles. The molecule has 32 heavy (non-hydrogen) atoms. The lowest BCUT2D eigenvalue weighted by Gasteiger charge is -2.27. The number of rotatable bonds is 8. The van der Waals surface area contributed by atoms with E-state index < -0.39 is 17.8 Å². The molecule has 168 valence electrons. The highest BCUT2D eigenvalue weighted by Crippen LogP contribution is 2.30. The summed E-state index contributed by atoms with van der Waals surface area (Å²) >= 11 is 0. The summed E-state index contributed by atoms with van der Waals surface area (Å²) in [6.07, 6.45) is -3.16. The van der Waals surface area contributed by atoms with Gasteiger partial charge in [-0.1, -0.05) is 66.7 Å². The van der Waals surface area contributed by atoms with Gasteiger partial charge in [-0.25, -0.2) is 0 Å². The molecule has 0 saturated heterocycles. The van der Waals surface area contributed by atoms with Crippen molar-refractivity contribution in [3.63, 3.8) is 0 Å². The van der Waals surface area contributed by atoms with E-state index in [9.17, 15) is 18.0 Å². The lowest BCUT2D eigenvalue weighted by atomic mass is 9.93. The smallest absolute Gasteiger partial charge is 0.358 e. The normalized spacial score (nSPS) is 13.4. The van der Waals surface area contributed by atoms with E-state index in [0.717, 1.165) is 34.4 Å². The van der Waals surface area contributed by atoms with Crippen LogP contribution in [0.25, 0.3) is 0 Å². The minimum Gasteiger partial charge on any atom is -0.358 e. The van der Waals surface area contributed by atoms with Crippen LogP contribution in [0.4, 0.5) is 13.2 Å². The van der Waals surface area contributed by atoms with Gasteiger partial charge in [-0.05, 0) is 54.2 Å². The van der Waals surface area contributed by atoms with Crippen molar-refractivity contribution in [1.82, 2.24) is 10.6 Å². The van der Waals surface area contributed by atoms with E-state index in [0.29, 0.717) is 12.8 Å². The Labute approximate surface area is 186 Å². The second kappa shape index (κ2) is 10.5. The monoisotopic (exact) mass is 440 g/mol. The maximum absolute atomic E-state index is 12.9. The molecule has 2 N–H and O–H groups in total. The van der Waals surface area contributed by atoms with Gasteiger partial charge in [0.15, 0.2) is 0 Å². The van der Waals surface area contributed by atoms with Crippen molar-refractivity contribution in [2.45, 2.75) is 38.0 Å². The molecule has 3 aromatic rings. The lowest BCUT2D eigenvalue weighted by molar-refractivity contribution is -0.137. The molecule has 3 nitrogen and oxygen atoms in total. The fourth-order valence-electron chi connectivity index (χ4n) is 3.79. The molecule has 0 aliphatic rings. The van der Waals surface area contributed by atoms with Crippen molar-refractivity contribution in [3.8, 4) is 0 Å². The number of halogens is 3. The third-order valence-corrected chi connectivity index (χ3v) is 5.58. The van der Waals surface area contributed by atoms with E-state index in [1.54, 1.807) is 7.05 Å². The van der Waals surface area contributed by atoms with Crippen LogP contribution in [-0.4, -0.2) is 13.0 Å². The molecule has 0 heterocycles. The van der Waals surface area contributed by atoms with Crippen LogP contribution in [0.15, 0.2) is 78.9 Å². The van der Waals surface area contributed by atoms with Crippen LogP contribution >= 0.6 is 0 Å². The Hall–Kier alpha value is -3.12. The second-order valence-electron chi connectivity index (χ2n) is 7.77. The number of alkyl halides is 3. The SMILES string of the molecule is CNC(=O)C(NC(CCc1ccc(C(F)(F)F)cc1)c1ccccc1C)c1ccccc1. The zero-order valence-electron chi connectivity index (χ0n) is 18.1. The van der Waals surface area contributed by atoms with Crippen LogP contribution in [0, 0.1) is 6.92 Å². The van der Waals surface area contributed by atoms with Crippen molar-refractivity contribution >= 4 is 5.91 Å². The number of carbonyl (C=O) groups is 1. The van der Waals surface area contributed by atoms with Gasteiger partial charge in [0.2, 0.25) is 5.91 Å². The Morgan fingerprint density at radius 2 is 1.53 bits per heavy atom. The Morgan fingerprint density at radius 1 is 0.906 bits per heavy atom. The summed E-state index contributed by atoms with van der Waals surface area (Å²) in [4.78, 5) is 12.7. The number of hydrogen-bond donors (Lipinski definition) is 2. The van der Waals surface area contributed by atoms with Gasteiger partial charge in [-0.15, -0.1) is 0 Å². The topological polar surface area (TPSA) is 41.1 Å². The van der Waals surface area contributed by atoms with Gasteiger partial charge in [0.1, 0.15) is 6.04 Å². The lowest BCUT2D eigenvalue weighted by Crippen LogP contribution is -2.38. The Balaban J connectivity index is 1.85. The van der Waals surface area contributed by atoms with Crippen LogP contribution in [0.5, 0.6) is 0 Å². The summed E-state index contributed by atoms with van der Waals surface area (Å²) in [6.45, 7) is 2.01. The molecular weight excluding hydrogens is 413 g/mol. The van der Waals surface area contributed by atoms with Crippen LogP contribution in [0.1, 0.15) is 46.3 Å². The predicted molar refractivity (Wildman–Crippen MR) is 120 cm³/mol. The van der Waals surface area contributed by atoms with Crippen LogP contribution in [-0.2, 0) is 17.4 Å². The Kier molecular flexibility index (Phi) is 7.70. The Morgan fingerprint density at radius 3 is 2.12 bits per heavy atom. The fraction of sp³-hybridized carbons (Fsp3) is 0.269. The van der Waals surface area contributed by atoms with Gasteiger partial charge < -0.3 is 5.32 Å². The summed E-state index contributed by atoms with van der Waals surface area (Å²) < 4.78 is 38.6. The minimum atomic E-state index is -4.35. The summed E-state index contributed by atoms with van der Waals surface area (Å²) in [5, 5.41) is 6.21. The maximum atomic E-state index is 12.9. The van der Waals surface area contributed by atoms with E-state index in [2.05, 4.69) is 10.6 Å². The van der Waals surface area contributed by atoms with E-state index in [-0.39, 0.29) is 11.9 Å². The molecule has 1 amide bonds. The third kappa shape index (κ3) is 5.98. The minimum absolute atomic E-state index is 0.149. The molecule has 0 fully saturated rings. The molecule has 0 aliphatic carbocycles. The number of amides is 1. The zero-order chi connectivity index (χ0) is 23.1. The fourth-order valence-corrected chi connectivity index (χ4v) is 3.79. The summed E-state index contributed by atoms with van der Waals surface area (Å²) in [5.41, 5.74) is 3.15. The number of aryl methyl sites for hydroxylation is 2. The number of hydrogen-bond acceptors (Lipinski definition) is 2. The van der Waals surface area contributed by atoms with Crippen LogP contribution < -0.4 is 10.6 Å². The van der Waals surface area contributed by atoms with Gasteiger partial charge in [0.05, 0.1) is 5.56 Å². The number of nitrogens with one attached hydrogen (secondary N) is 2. The molecule has 0 spiro atoms. The first-order valence-corrected chi connectivity index (χ1v) is 10.5. The molecule has 0 radical (unpaired) electrons. The van der Waals surface area contributed by atoms with Crippen LogP contribution in [0.3, 0.4) is 0 Å². The molecule has 0 bridgehead atoms. The second-order valence-corrected chi connectivity index (χ2v) is 7.77. The first-order valence-electron chi connectivity index (χ1n) is 10.5. The summed E-state index contributed by atoms with van der Waals surface area (Å²) in [6, 6.07) is 22.0. The van der Waals surface area contributed by atoms with Crippen molar-refractivity contribution in [1.29, 1.82) is 0 Å². The highest BCUT2D eigenvalue weighted by atomic mass is 19.4. The molecule has 3 rings (SSSR count). The van der Waals surface area contributed by atoms with Gasteiger partial charge in [-0.2, -0.15) is 13.2 Å². The van der Waals surface area contributed by atoms with Crippen molar-refractivity contribution in [3.05, 3.63) is 107 Å². The predicted octanol–water partition coefficient (Wildman–Crippen LogP) is 5.76. The van der Waals surface area contributed by atoms with Crippen molar-refractivity contribution in [2.24, 2.45) is 0 Å². The molecular formula is C26H27F3N2O. The van der Waals surface area contributed by atoms with E-state index >= 15 is 0 Å². The van der Waals surface area contributed by atoms with E-state index in [4.69, 9.17) is 0 Å². The van der Waals surface area contributed by atoms with Gasteiger partial charge >= 0.3 is 6.18 Å². The van der Waals surface area contributed by atoms with Gasteiger partial charge in [0, 0.05) is 13.1 Å². The standard InChI is InChI=1S/C26H27F3N2O/c1-18-8-6-7-11-22(18)23(17-14-19-12-15-21(16-13-19)26(27,28)29)31-24(25(32)30-2)20-9-4-3-5-10-20/h3-13,15-16,23-24,31H,14,17H2,1-2H3,(H,30,32). The molecule has 2 unspecified atom stereocenters. The largest absolute Gasteiger partial charge is 0.416 e. The first kappa shape index (κ1) is 23.5. The van der Waals surface area contributed by atoms with Gasteiger partial charge in [0.25, 0.3) is 0 Å². The summed E-state index contributed by atoms with van der Waals surface area (Å²) in [7, 11) is 1.60. The van der Waals surface area contributed by atoms with E-state index in [1.165, 1.54) is 12.1 Å². The average molecular weight is 441 g/mol. The molecule has 0 saturated carbocycles. The van der Waals surface area contributed by atoms with Crippen LogP contribution in [0.2, 0.25) is 0 Å². The number of likely N-dealkylation sites (N-methyl/N-ethyl adjacent to an activating group) is 1. The quantitative estimate of drug-likeness (QED) is 0.467. The molecule has 6 heteroatoms. The highest BCUT2D eigenvalue weighted by Gasteiger charge is 2.30. The number of benzene rings is 3. The zero-order valence-corrected chi connectivity index (χ0v) is 18.1. The highest BCUT2D eigenvalue weighted by molar-refractivity contribution is 5.83. The first-order chi connectivity index (χ1) is 15.3. The molecule has 2 atom stereocenters. The molecule has 0 aromatic heterocycles. The van der Waals surface area contributed by atoms with E-state index in [1.807, 2.05) is 61.5 Å². The average Bonchev–Trinajstić information content (AvgIpc) is 2.79. The number of carbonyl (C=O) groups excluding carboxylic acids is 1. The third-order valence-electron chi connectivity index (χ3n) is 5.58. The summed E-state index contributed by atoms with van der Waals surface area (Å²) in [5.74, 6) is -0.149. The van der Waals surface area contributed by atoms with Crippen molar-refractivity contribution in [2.75, 3.05) is 7.05 Å². The molecule has 0 aliphatic heterocycles. The maximum Gasteiger partial charge on any atom is 0.416 e. The van der Waals surface area contributed by atoms with Crippen molar-refractivity contribution < 1.29 is 18.0 Å².